The van der Waals surface area contributed by atoms with Crippen molar-refractivity contribution in [3.63, 3.8) is 0 Å². The van der Waals surface area contributed by atoms with Gasteiger partial charge >= 0.3 is 0 Å². The zero-order valence-electron chi connectivity index (χ0n) is 13.5. The number of rotatable bonds is 2. The van der Waals surface area contributed by atoms with Gasteiger partial charge in [-0.05, 0) is 33.1 Å². The molecule has 20 heavy (non-hydrogen) atoms. The Bertz CT molecular complexity index is 493. The summed E-state index contributed by atoms with van der Waals surface area (Å²) in [6, 6.07) is 1.10. The van der Waals surface area contributed by atoms with Gasteiger partial charge in [0.1, 0.15) is 16.8 Å². The predicted octanol–water partition coefficient (Wildman–Crippen LogP) is 4.50. The molecule has 1 aromatic rings. The van der Waals surface area contributed by atoms with Crippen molar-refractivity contribution in [1.82, 2.24) is 9.97 Å². The second-order valence-electron chi connectivity index (χ2n) is 6.93. The van der Waals surface area contributed by atoms with E-state index in [-0.39, 0.29) is 5.41 Å². The molecule has 2 unspecified atom stereocenters. The SMILES string of the molecule is CCC1CCC(C)N1c1nc(C(C)(C)C)nc(Cl)c1C. The fourth-order valence-corrected chi connectivity index (χ4v) is 3.08. The number of anilines is 1. The third kappa shape index (κ3) is 2.78. The number of hydrogen-bond acceptors (Lipinski definition) is 3. The zero-order chi connectivity index (χ0) is 15.1. The van der Waals surface area contributed by atoms with E-state index < -0.39 is 0 Å². The highest BCUT2D eigenvalue weighted by molar-refractivity contribution is 6.30. The van der Waals surface area contributed by atoms with E-state index in [1.807, 2.05) is 6.92 Å². The molecule has 3 nitrogen and oxygen atoms in total. The van der Waals surface area contributed by atoms with Crippen LogP contribution in [0.4, 0.5) is 5.82 Å². The molecule has 4 heteroatoms. The maximum absolute atomic E-state index is 6.36. The van der Waals surface area contributed by atoms with E-state index >= 15 is 0 Å². The largest absolute Gasteiger partial charge is 0.351 e. The lowest BCUT2D eigenvalue weighted by Gasteiger charge is -2.32. The van der Waals surface area contributed by atoms with E-state index in [0.29, 0.717) is 17.2 Å². The molecular weight excluding hydrogens is 270 g/mol. The average molecular weight is 296 g/mol. The van der Waals surface area contributed by atoms with Crippen LogP contribution in [0.1, 0.15) is 65.3 Å². The minimum atomic E-state index is -0.0865. The molecule has 2 rings (SSSR count). The van der Waals surface area contributed by atoms with E-state index in [2.05, 4.69) is 44.5 Å². The van der Waals surface area contributed by atoms with Crippen molar-refractivity contribution in [1.29, 1.82) is 0 Å². The molecule has 1 aromatic heterocycles. The van der Waals surface area contributed by atoms with Crippen molar-refractivity contribution in [2.24, 2.45) is 0 Å². The highest BCUT2D eigenvalue weighted by Crippen LogP contribution is 2.35. The predicted molar refractivity (Wildman–Crippen MR) is 85.7 cm³/mol. The topological polar surface area (TPSA) is 29.0 Å². The summed E-state index contributed by atoms with van der Waals surface area (Å²) in [4.78, 5) is 11.8. The summed E-state index contributed by atoms with van der Waals surface area (Å²) in [6.07, 6.45) is 3.62. The van der Waals surface area contributed by atoms with E-state index in [0.717, 1.165) is 23.6 Å². The zero-order valence-corrected chi connectivity index (χ0v) is 14.3. The Labute approximate surface area is 127 Å². The summed E-state index contributed by atoms with van der Waals surface area (Å²) in [7, 11) is 0. The summed E-state index contributed by atoms with van der Waals surface area (Å²) >= 11 is 6.36. The number of nitrogens with zero attached hydrogens (tertiary/aromatic N) is 3. The first kappa shape index (κ1) is 15.6. The second-order valence-corrected chi connectivity index (χ2v) is 7.29. The van der Waals surface area contributed by atoms with Crippen LogP contribution in [0, 0.1) is 6.92 Å². The molecule has 0 aromatic carbocycles. The van der Waals surface area contributed by atoms with Crippen LogP contribution in [0.5, 0.6) is 0 Å². The van der Waals surface area contributed by atoms with Crippen molar-refractivity contribution < 1.29 is 0 Å². The van der Waals surface area contributed by atoms with Crippen LogP contribution >= 0.6 is 11.6 Å². The van der Waals surface area contributed by atoms with Gasteiger partial charge in [0, 0.05) is 23.1 Å². The third-order valence-electron chi connectivity index (χ3n) is 4.23. The number of halogens is 1. The fourth-order valence-electron chi connectivity index (χ4n) is 2.92. The molecule has 1 fully saturated rings. The summed E-state index contributed by atoms with van der Waals surface area (Å²) in [6.45, 7) is 12.9. The molecule has 0 aliphatic carbocycles. The second kappa shape index (κ2) is 5.51. The molecule has 0 saturated carbocycles. The molecule has 2 heterocycles. The lowest BCUT2D eigenvalue weighted by atomic mass is 9.95. The highest BCUT2D eigenvalue weighted by Gasteiger charge is 2.33. The van der Waals surface area contributed by atoms with Crippen LogP contribution in [-0.2, 0) is 5.41 Å². The maximum atomic E-state index is 6.36. The van der Waals surface area contributed by atoms with E-state index in [1.165, 1.54) is 12.8 Å². The van der Waals surface area contributed by atoms with Gasteiger partial charge in [0.2, 0.25) is 0 Å². The summed E-state index contributed by atoms with van der Waals surface area (Å²) in [5.41, 5.74) is 0.920. The Hall–Kier alpha value is -0.830. The highest BCUT2D eigenvalue weighted by atomic mass is 35.5. The van der Waals surface area contributed by atoms with Crippen LogP contribution < -0.4 is 4.90 Å². The Morgan fingerprint density at radius 2 is 1.90 bits per heavy atom. The Morgan fingerprint density at radius 1 is 1.25 bits per heavy atom. The van der Waals surface area contributed by atoms with Gasteiger partial charge < -0.3 is 4.90 Å². The molecule has 0 radical (unpaired) electrons. The van der Waals surface area contributed by atoms with Gasteiger partial charge in [0.05, 0.1) is 0 Å². The third-order valence-corrected chi connectivity index (χ3v) is 4.60. The quantitative estimate of drug-likeness (QED) is 0.752. The first-order chi connectivity index (χ1) is 9.25. The van der Waals surface area contributed by atoms with Crippen molar-refractivity contribution in [3.05, 3.63) is 16.5 Å². The van der Waals surface area contributed by atoms with Gasteiger partial charge in [-0.15, -0.1) is 0 Å². The molecule has 0 N–H and O–H groups in total. The maximum Gasteiger partial charge on any atom is 0.137 e. The van der Waals surface area contributed by atoms with Crippen LogP contribution in [-0.4, -0.2) is 22.1 Å². The number of hydrogen-bond donors (Lipinski definition) is 0. The van der Waals surface area contributed by atoms with Gasteiger partial charge in [0.25, 0.3) is 0 Å². The molecule has 0 bridgehead atoms. The van der Waals surface area contributed by atoms with E-state index in [9.17, 15) is 0 Å². The summed E-state index contributed by atoms with van der Waals surface area (Å²) in [5.74, 6) is 1.86. The van der Waals surface area contributed by atoms with Crippen molar-refractivity contribution in [3.8, 4) is 0 Å². The van der Waals surface area contributed by atoms with Gasteiger partial charge in [-0.2, -0.15) is 0 Å². The van der Waals surface area contributed by atoms with Gasteiger partial charge in [-0.25, -0.2) is 9.97 Å². The van der Waals surface area contributed by atoms with E-state index in [4.69, 9.17) is 16.6 Å². The lowest BCUT2D eigenvalue weighted by Crippen LogP contribution is -2.36. The minimum absolute atomic E-state index is 0.0865. The van der Waals surface area contributed by atoms with Crippen molar-refractivity contribution in [2.75, 3.05) is 4.90 Å². The first-order valence-corrected chi connectivity index (χ1v) is 7.96. The standard InChI is InChI=1S/C16H26ClN3/c1-7-12-9-8-10(2)20(12)14-11(3)13(17)18-15(19-14)16(4,5)6/h10,12H,7-9H2,1-6H3. The van der Waals surface area contributed by atoms with Crippen LogP contribution in [0.3, 0.4) is 0 Å². The molecule has 2 atom stereocenters. The Balaban J connectivity index is 2.52. The normalized spacial score (nSPS) is 23.4. The molecule has 0 amide bonds. The van der Waals surface area contributed by atoms with E-state index in [1.54, 1.807) is 0 Å². The van der Waals surface area contributed by atoms with Crippen molar-refractivity contribution in [2.45, 2.75) is 78.3 Å². The first-order valence-electron chi connectivity index (χ1n) is 7.58. The molecule has 0 spiro atoms. The molecule has 1 saturated heterocycles. The van der Waals surface area contributed by atoms with Crippen molar-refractivity contribution >= 4 is 17.4 Å². The van der Waals surface area contributed by atoms with Gasteiger partial charge in [-0.1, -0.05) is 39.3 Å². The Morgan fingerprint density at radius 3 is 2.45 bits per heavy atom. The lowest BCUT2D eigenvalue weighted by molar-refractivity contribution is 0.538. The van der Waals surface area contributed by atoms with Crippen LogP contribution in [0.15, 0.2) is 0 Å². The van der Waals surface area contributed by atoms with Crippen LogP contribution in [0.25, 0.3) is 0 Å². The van der Waals surface area contributed by atoms with Gasteiger partial charge in [-0.3, -0.25) is 0 Å². The molecule has 1 aliphatic heterocycles. The molecule has 112 valence electrons. The minimum Gasteiger partial charge on any atom is -0.351 e. The molecule has 1 aliphatic rings. The Kier molecular flexibility index (Phi) is 4.29. The smallest absolute Gasteiger partial charge is 0.137 e. The summed E-state index contributed by atoms with van der Waals surface area (Å²) in [5, 5.41) is 0.592. The average Bonchev–Trinajstić information content (AvgIpc) is 2.72. The number of aromatic nitrogens is 2. The molecular formula is C16H26ClN3. The van der Waals surface area contributed by atoms with Crippen LogP contribution in [0.2, 0.25) is 5.15 Å². The monoisotopic (exact) mass is 295 g/mol. The summed E-state index contributed by atoms with van der Waals surface area (Å²) < 4.78 is 0. The van der Waals surface area contributed by atoms with Gasteiger partial charge in [0.15, 0.2) is 0 Å². The fraction of sp³-hybridized carbons (Fsp3) is 0.750.